The van der Waals surface area contributed by atoms with E-state index in [0.29, 0.717) is 5.92 Å². The Bertz CT molecular complexity index is 734. The van der Waals surface area contributed by atoms with Crippen molar-refractivity contribution in [1.29, 1.82) is 0 Å². The van der Waals surface area contributed by atoms with Crippen molar-refractivity contribution in [3.05, 3.63) is 65.2 Å². The van der Waals surface area contributed by atoms with Gasteiger partial charge in [0.15, 0.2) is 0 Å². The van der Waals surface area contributed by atoms with Crippen LogP contribution in [0.2, 0.25) is 0 Å². The molecule has 0 bridgehead atoms. The van der Waals surface area contributed by atoms with E-state index in [4.69, 9.17) is 0 Å². The minimum atomic E-state index is 0.251. The summed E-state index contributed by atoms with van der Waals surface area (Å²) < 4.78 is 0. The van der Waals surface area contributed by atoms with E-state index in [9.17, 15) is 4.79 Å². The number of carbonyl (C=O) groups is 1. The Balaban J connectivity index is 1.28. The van der Waals surface area contributed by atoms with Crippen molar-refractivity contribution in [2.45, 2.75) is 38.6 Å². The largest absolute Gasteiger partial charge is 0.367 e. The zero-order valence-electron chi connectivity index (χ0n) is 14.7. The number of carbonyl (C=O) groups excluding carboxylic acids is 1. The third kappa shape index (κ3) is 4.04. The number of amides is 1. The molecule has 1 aliphatic heterocycles. The van der Waals surface area contributed by atoms with Crippen LogP contribution in [0.15, 0.2) is 48.5 Å². The number of rotatable bonds is 6. The van der Waals surface area contributed by atoms with Gasteiger partial charge in [-0.25, -0.2) is 0 Å². The summed E-state index contributed by atoms with van der Waals surface area (Å²) in [7, 11) is 0. The van der Waals surface area contributed by atoms with Gasteiger partial charge in [-0.15, -0.1) is 0 Å². The first kappa shape index (κ1) is 16.2. The monoisotopic (exact) mass is 334 g/mol. The molecule has 1 heterocycles. The van der Waals surface area contributed by atoms with Crippen LogP contribution in [0.25, 0.3) is 0 Å². The van der Waals surface area contributed by atoms with Gasteiger partial charge in [0.25, 0.3) is 0 Å². The third-order valence-corrected chi connectivity index (χ3v) is 5.32. The number of fused-ring (bicyclic) bond motifs is 1. The Labute approximate surface area is 150 Å². The Hall–Kier alpha value is -2.29. The van der Waals surface area contributed by atoms with Crippen molar-refractivity contribution in [2.24, 2.45) is 5.92 Å². The van der Waals surface area contributed by atoms with Crippen LogP contribution < -0.4 is 10.2 Å². The molecule has 2 aromatic carbocycles. The zero-order valence-corrected chi connectivity index (χ0v) is 14.7. The lowest BCUT2D eigenvalue weighted by Crippen LogP contribution is -2.30. The molecule has 1 amide bonds. The van der Waals surface area contributed by atoms with Crippen molar-refractivity contribution < 1.29 is 4.79 Å². The highest BCUT2D eigenvalue weighted by molar-refractivity contribution is 5.80. The highest BCUT2D eigenvalue weighted by Gasteiger charge is 2.28. The van der Waals surface area contributed by atoms with Gasteiger partial charge in [-0.1, -0.05) is 36.4 Å². The summed E-state index contributed by atoms with van der Waals surface area (Å²) in [6.07, 6.45) is 5.31. The summed E-state index contributed by atoms with van der Waals surface area (Å²) in [6, 6.07) is 17.7. The maximum atomic E-state index is 11.6. The van der Waals surface area contributed by atoms with E-state index in [1.54, 1.807) is 0 Å². The molecular formula is C22H26N2O. The van der Waals surface area contributed by atoms with Gasteiger partial charge in [-0.3, -0.25) is 4.79 Å². The number of nitrogens with zero attached hydrogens (tertiary/aromatic N) is 1. The molecule has 3 heteroatoms. The van der Waals surface area contributed by atoms with Gasteiger partial charge in [-0.05, 0) is 60.9 Å². The fourth-order valence-electron chi connectivity index (χ4n) is 3.58. The molecule has 1 N–H and O–H groups in total. The number of hydrogen-bond donors (Lipinski definition) is 1. The maximum absolute atomic E-state index is 11.6. The van der Waals surface area contributed by atoms with Gasteiger partial charge in [0.05, 0.1) is 0 Å². The first-order chi connectivity index (χ1) is 12.3. The van der Waals surface area contributed by atoms with Gasteiger partial charge >= 0.3 is 0 Å². The smallest absolute Gasteiger partial charge is 0.223 e. The van der Waals surface area contributed by atoms with Crippen LogP contribution in [0, 0.1) is 5.92 Å². The normalized spacial score (nSPS) is 16.4. The highest BCUT2D eigenvalue weighted by atomic mass is 16.2. The van der Waals surface area contributed by atoms with Gasteiger partial charge in [0.2, 0.25) is 5.91 Å². The fraction of sp³-hybridized carbons (Fsp3) is 0.409. The average molecular weight is 334 g/mol. The van der Waals surface area contributed by atoms with Gasteiger partial charge in [0.1, 0.15) is 0 Å². The molecule has 1 fully saturated rings. The molecular weight excluding hydrogens is 308 g/mol. The lowest BCUT2D eigenvalue weighted by atomic mass is 9.99. The summed E-state index contributed by atoms with van der Waals surface area (Å²) in [5.41, 5.74) is 5.59. The van der Waals surface area contributed by atoms with E-state index in [1.807, 2.05) is 0 Å². The van der Waals surface area contributed by atoms with Gasteiger partial charge in [0, 0.05) is 31.2 Å². The van der Waals surface area contributed by atoms with E-state index in [0.717, 1.165) is 51.7 Å². The molecule has 0 radical (unpaired) electrons. The van der Waals surface area contributed by atoms with Crippen LogP contribution in [-0.2, 0) is 24.2 Å². The number of anilines is 1. The minimum Gasteiger partial charge on any atom is -0.367 e. The molecule has 0 aromatic heterocycles. The quantitative estimate of drug-likeness (QED) is 0.817. The molecule has 2 aliphatic rings. The number of benzene rings is 2. The molecule has 1 saturated carbocycles. The van der Waals surface area contributed by atoms with Gasteiger partial charge < -0.3 is 10.2 Å². The summed E-state index contributed by atoms with van der Waals surface area (Å²) in [4.78, 5) is 14.1. The Morgan fingerprint density at radius 3 is 2.56 bits per heavy atom. The topological polar surface area (TPSA) is 32.3 Å². The summed E-state index contributed by atoms with van der Waals surface area (Å²) in [5, 5.41) is 3.04. The average Bonchev–Trinajstić information content (AvgIpc) is 3.50. The predicted molar refractivity (Wildman–Crippen MR) is 102 cm³/mol. The first-order valence-corrected chi connectivity index (χ1v) is 9.48. The van der Waals surface area contributed by atoms with E-state index in [-0.39, 0.29) is 5.91 Å². The van der Waals surface area contributed by atoms with Crippen molar-refractivity contribution in [1.82, 2.24) is 5.32 Å². The minimum absolute atomic E-state index is 0.251. The molecule has 0 unspecified atom stereocenters. The van der Waals surface area contributed by atoms with E-state index in [2.05, 4.69) is 58.7 Å². The van der Waals surface area contributed by atoms with Crippen LogP contribution >= 0.6 is 0 Å². The zero-order chi connectivity index (χ0) is 17.1. The van der Waals surface area contributed by atoms with Crippen LogP contribution in [-0.4, -0.2) is 19.0 Å². The standard InChI is InChI=1S/C22H26N2O/c25-22(19-9-10-19)23-14-3-4-17-7-11-21(12-8-17)24-15-13-18-5-1-2-6-20(18)16-24/h1-2,5-8,11-12,19H,3-4,9-10,13-16H2,(H,23,25). The Morgan fingerprint density at radius 2 is 1.80 bits per heavy atom. The second-order valence-electron chi connectivity index (χ2n) is 7.28. The predicted octanol–water partition coefficient (Wildman–Crippen LogP) is 3.71. The van der Waals surface area contributed by atoms with E-state index < -0.39 is 0 Å². The molecule has 4 rings (SSSR count). The lowest BCUT2D eigenvalue weighted by Gasteiger charge is -2.30. The van der Waals surface area contributed by atoms with Gasteiger partial charge in [-0.2, -0.15) is 0 Å². The molecule has 3 nitrogen and oxygen atoms in total. The van der Waals surface area contributed by atoms with Crippen molar-refractivity contribution in [3.63, 3.8) is 0 Å². The molecule has 1 aliphatic carbocycles. The second kappa shape index (κ2) is 7.30. The highest BCUT2D eigenvalue weighted by Crippen LogP contribution is 2.28. The van der Waals surface area contributed by atoms with Crippen molar-refractivity contribution in [2.75, 3.05) is 18.0 Å². The molecule has 130 valence electrons. The molecule has 25 heavy (non-hydrogen) atoms. The second-order valence-corrected chi connectivity index (χ2v) is 7.28. The molecule has 0 saturated heterocycles. The molecule has 2 aromatic rings. The fourth-order valence-corrected chi connectivity index (χ4v) is 3.58. The van der Waals surface area contributed by atoms with Crippen LogP contribution in [0.4, 0.5) is 5.69 Å². The van der Waals surface area contributed by atoms with E-state index in [1.165, 1.54) is 22.4 Å². The van der Waals surface area contributed by atoms with E-state index >= 15 is 0 Å². The van der Waals surface area contributed by atoms with Crippen molar-refractivity contribution in [3.8, 4) is 0 Å². The van der Waals surface area contributed by atoms with Crippen molar-refractivity contribution >= 4 is 11.6 Å². The Kier molecular flexibility index (Phi) is 4.73. The third-order valence-electron chi connectivity index (χ3n) is 5.32. The number of aryl methyl sites for hydroxylation is 1. The first-order valence-electron chi connectivity index (χ1n) is 9.48. The SMILES string of the molecule is O=C(NCCCc1ccc(N2CCc3ccccc3C2)cc1)C1CC1. The summed E-state index contributed by atoms with van der Waals surface area (Å²) >= 11 is 0. The number of nitrogens with one attached hydrogen (secondary N) is 1. The summed E-state index contributed by atoms with van der Waals surface area (Å²) in [5.74, 6) is 0.565. The molecule has 0 spiro atoms. The number of hydrogen-bond acceptors (Lipinski definition) is 2. The maximum Gasteiger partial charge on any atom is 0.223 e. The van der Waals surface area contributed by atoms with Crippen LogP contribution in [0.5, 0.6) is 0 Å². The van der Waals surface area contributed by atoms with Crippen LogP contribution in [0.3, 0.4) is 0 Å². The molecule has 0 atom stereocenters. The van der Waals surface area contributed by atoms with Crippen LogP contribution in [0.1, 0.15) is 36.0 Å². The lowest BCUT2D eigenvalue weighted by molar-refractivity contribution is -0.122. The summed E-state index contributed by atoms with van der Waals surface area (Å²) in [6.45, 7) is 2.88. The Morgan fingerprint density at radius 1 is 1.04 bits per heavy atom.